The number of nitrogens with zero attached hydrogens (tertiary/aromatic N) is 2. The predicted molar refractivity (Wildman–Crippen MR) is 44.4 cm³/mol. The lowest BCUT2D eigenvalue weighted by Crippen LogP contribution is -2.12. The van der Waals surface area contributed by atoms with Crippen LogP contribution in [0, 0.1) is 5.92 Å². The molecule has 11 heavy (non-hydrogen) atoms. The van der Waals surface area contributed by atoms with Crippen LogP contribution in [0.3, 0.4) is 0 Å². The maximum absolute atomic E-state index is 4.25. The molecule has 2 heteroatoms. The lowest BCUT2D eigenvalue weighted by molar-refractivity contribution is 0.487. The van der Waals surface area contributed by atoms with Crippen molar-refractivity contribution < 1.29 is 0 Å². The van der Waals surface area contributed by atoms with E-state index in [-0.39, 0.29) is 0 Å². The van der Waals surface area contributed by atoms with Crippen molar-refractivity contribution in [1.82, 2.24) is 9.78 Å². The normalized spacial score (nSPS) is 23.3. The van der Waals surface area contributed by atoms with Gasteiger partial charge in [0.05, 0.1) is 6.20 Å². The summed E-state index contributed by atoms with van der Waals surface area (Å²) in [5.41, 5.74) is 2.91. The summed E-state index contributed by atoms with van der Waals surface area (Å²) in [4.78, 5) is 0. The van der Waals surface area contributed by atoms with E-state index in [1.807, 2.05) is 17.9 Å². The van der Waals surface area contributed by atoms with Gasteiger partial charge in [-0.15, -0.1) is 0 Å². The topological polar surface area (TPSA) is 17.8 Å². The molecule has 0 saturated carbocycles. The van der Waals surface area contributed by atoms with Crippen molar-refractivity contribution in [2.75, 3.05) is 0 Å². The molecule has 1 aromatic rings. The highest BCUT2D eigenvalue weighted by Crippen LogP contribution is 2.23. The van der Waals surface area contributed by atoms with E-state index >= 15 is 0 Å². The first-order valence-corrected chi connectivity index (χ1v) is 4.27. The van der Waals surface area contributed by atoms with Gasteiger partial charge in [0.1, 0.15) is 0 Å². The standard InChI is InChI=1S/C9H14N2/c1-7-3-4-9-8(5-7)6-10-11(9)2/h6-7H,3-5H2,1-2H3/t7-/m0/s1. The summed E-state index contributed by atoms with van der Waals surface area (Å²) in [6.45, 7) is 2.32. The Balaban J connectivity index is 2.36. The quantitative estimate of drug-likeness (QED) is 0.548. The summed E-state index contributed by atoms with van der Waals surface area (Å²) in [5, 5.41) is 4.25. The van der Waals surface area contributed by atoms with E-state index in [4.69, 9.17) is 0 Å². The third-order valence-electron chi connectivity index (χ3n) is 2.59. The minimum Gasteiger partial charge on any atom is -0.272 e. The summed E-state index contributed by atoms with van der Waals surface area (Å²) in [7, 11) is 2.04. The molecule has 2 nitrogen and oxygen atoms in total. The first kappa shape index (κ1) is 6.89. The van der Waals surface area contributed by atoms with Crippen molar-refractivity contribution in [3.63, 3.8) is 0 Å². The summed E-state index contributed by atoms with van der Waals surface area (Å²) in [6, 6.07) is 0. The molecule has 0 fully saturated rings. The lowest BCUT2D eigenvalue weighted by atomic mass is 9.89. The monoisotopic (exact) mass is 150 g/mol. The van der Waals surface area contributed by atoms with Crippen molar-refractivity contribution in [1.29, 1.82) is 0 Å². The van der Waals surface area contributed by atoms with E-state index in [2.05, 4.69) is 12.0 Å². The van der Waals surface area contributed by atoms with Gasteiger partial charge in [0.15, 0.2) is 0 Å². The lowest BCUT2D eigenvalue weighted by Gasteiger charge is -2.17. The molecule has 2 rings (SSSR count). The van der Waals surface area contributed by atoms with E-state index < -0.39 is 0 Å². The molecule has 1 heterocycles. The number of fused-ring (bicyclic) bond motifs is 1. The van der Waals surface area contributed by atoms with Crippen LogP contribution in [0.1, 0.15) is 24.6 Å². The predicted octanol–water partition coefficient (Wildman–Crippen LogP) is 1.54. The molecule has 1 aromatic heterocycles. The van der Waals surface area contributed by atoms with Crippen LogP contribution >= 0.6 is 0 Å². The molecule has 0 saturated heterocycles. The van der Waals surface area contributed by atoms with Crippen molar-refractivity contribution in [2.24, 2.45) is 13.0 Å². The third kappa shape index (κ3) is 1.06. The Morgan fingerprint density at radius 1 is 1.64 bits per heavy atom. The average Bonchev–Trinajstić information content (AvgIpc) is 2.32. The van der Waals surface area contributed by atoms with E-state index in [1.165, 1.54) is 30.5 Å². The van der Waals surface area contributed by atoms with Crippen LogP contribution in [0.5, 0.6) is 0 Å². The largest absolute Gasteiger partial charge is 0.272 e. The zero-order valence-electron chi connectivity index (χ0n) is 7.17. The van der Waals surface area contributed by atoms with Gasteiger partial charge in [-0.1, -0.05) is 6.92 Å². The first-order valence-electron chi connectivity index (χ1n) is 4.27. The highest BCUT2D eigenvalue weighted by molar-refractivity contribution is 5.20. The Bertz CT molecular complexity index is 263. The molecule has 0 amide bonds. The molecule has 1 atom stereocenters. The molecular formula is C9H14N2. The second-order valence-electron chi connectivity index (χ2n) is 3.59. The Kier molecular flexibility index (Phi) is 1.48. The summed E-state index contributed by atoms with van der Waals surface area (Å²) < 4.78 is 2.02. The zero-order chi connectivity index (χ0) is 7.84. The summed E-state index contributed by atoms with van der Waals surface area (Å²) in [5.74, 6) is 0.853. The molecule has 1 aliphatic rings. The van der Waals surface area contributed by atoms with Crippen molar-refractivity contribution in [3.05, 3.63) is 17.5 Å². The van der Waals surface area contributed by atoms with E-state index in [0.29, 0.717) is 0 Å². The molecule has 1 aliphatic carbocycles. The maximum Gasteiger partial charge on any atom is 0.0524 e. The fraction of sp³-hybridized carbons (Fsp3) is 0.667. The van der Waals surface area contributed by atoms with Gasteiger partial charge in [-0.05, 0) is 30.7 Å². The van der Waals surface area contributed by atoms with E-state index in [9.17, 15) is 0 Å². The summed E-state index contributed by atoms with van der Waals surface area (Å²) >= 11 is 0. The number of hydrogen-bond donors (Lipinski definition) is 0. The smallest absolute Gasteiger partial charge is 0.0524 e. The average molecular weight is 150 g/mol. The molecule has 0 N–H and O–H groups in total. The van der Waals surface area contributed by atoms with E-state index in [0.717, 1.165) is 5.92 Å². The van der Waals surface area contributed by atoms with Crippen LogP contribution in [0.4, 0.5) is 0 Å². The minimum atomic E-state index is 0.853. The van der Waals surface area contributed by atoms with Crippen LogP contribution in [-0.4, -0.2) is 9.78 Å². The van der Waals surface area contributed by atoms with Gasteiger partial charge in [-0.2, -0.15) is 5.10 Å². The van der Waals surface area contributed by atoms with Crippen molar-refractivity contribution in [2.45, 2.75) is 26.2 Å². The van der Waals surface area contributed by atoms with Gasteiger partial charge in [-0.3, -0.25) is 4.68 Å². The Labute approximate surface area is 67.2 Å². The van der Waals surface area contributed by atoms with Crippen LogP contribution in [0.2, 0.25) is 0 Å². The molecule has 0 bridgehead atoms. The number of aromatic nitrogens is 2. The van der Waals surface area contributed by atoms with E-state index in [1.54, 1.807) is 0 Å². The molecular weight excluding hydrogens is 136 g/mol. The third-order valence-corrected chi connectivity index (χ3v) is 2.59. The first-order chi connectivity index (χ1) is 5.27. The molecule has 0 spiro atoms. The second-order valence-corrected chi connectivity index (χ2v) is 3.59. The SMILES string of the molecule is C[C@H]1CCc2c(cnn2C)C1. The zero-order valence-corrected chi connectivity index (χ0v) is 7.17. The van der Waals surface area contributed by atoms with Gasteiger partial charge in [0.25, 0.3) is 0 Å². The Morgan fingerprint density at radius 3 is 3.27 bits per heavy atom. The second kappa shape index (κ2) is 2.36. The fourth-order valence-corrected chi connectivity index (χ4v) is 1.86. The van der Waals surface area contributed by atoms with Crippen LogP contribution < -0.4 is 0 Å². The number of rotatable bonds is 0. The van der Waals surface area contributed by atoms with Gasteiger partial charge in [0.2, 0.25) is 0 Å². The highest BCUT2D eigenvalue weighted by Gasteiger charge is 2.17. The van der Waals surface area contributed by atoms with Crippen molar-refractivity contribution >= 4 is 0 Å². The molecule has 0 radical (unpaired) electrons. The molecule has 0 aliphatic heterocycles. The molecule has 0 aromatic carbocycles. The minimum absolute atomic E-state index is 0.853. The number of aryl methyl sites for hydroxylation is 1. The Hall–Kier alpha value is -0.790. The number of hydrogen-bond acceptors (Lipinski definition) is 1. The van der Waals surface area contributed by atoms with Crippen molar-refractivity contribution in [3.8, 4) is 0 Å². The van der Waals surface area contributed by atoms with Crippen LogP contribution in [0.15, 0.2) is 6.20 Å². The Morgan fingerprint density at radius 2 is 2.45 bits per heavy atom. The highest BCUT2D eigenvalue weighted by atomic mass is 15.3. The molecule has 0 unspecified atom stereocenters. The van der Waals surface area contributed by atoms with Crippen LogP contribution in [-0.2, 0) is 19.9 Å². The molecule has 60 valence electrons. The fourth-order valence-electron chi connectivity index (χ4n) is 1.86. The van der Waals surface area contributed by atoms with Crippen LogP contribution in [0.25, 0.3) is 0 Å². The maximum atomic E-state index is 4.25. The van der Waals surface area contributed by atoms with Gasteiger partial charge in [0, 0.05) is 12.7 Å². The van der Waals surface area contributed by atoms with Gasteiger partial charge in [-0.25, -0.2) is 0 Å². The van der Waals surface area contributed by atoms with Gasteiger partial charge < -0.3 is 0 Å². The summed E-state index contributed by atoms with van der Waals surface area (Å²) in [6.07, 6.45) is 5.79. The van der Waals surface area contributed by atoms with Gasteiger partial charge >= 0.3 is 0 Å².